The molecule has 0 aromatic carbocycles. The number of halogens is 1. The van der Waals surface area contributed by atoms with Gasteiger partial charge in [-0.3, -0.25) is 0 Å². The second-order valence-corrected chi connectivity index (χ2v) is 2.47. The smallest absolute Gasteiger partial charge is 0.225 e. The van der Waals surface area contributed by atoms with Crippen LogP contribution in [0.3, 0.4) is 0 Å². The van der Waals surface area contributed by atoms with Crippen LogP contribution in [-0.2, 0) is 7.05 Å². The molecule has 0 spiro atoms. The summed E-state index contributed by atoms with van der Waals surface area (Å²) in [5.74, 6) is 0. The van der Waals surface area contributed by atoms with E-state index < -0.39 is 0 Å². The summed E-state index contributed by atoms with van der Waals surface area (Å²) in [4.78, 5) is 11.6. The van der Waals surface area contributed by atoms with E-state index in [1.54, 1.807) is 10.9 Å². The summed E-state index contributed by atoms with van der Waals surface area (Å²) >= 11 is 5.55. The molecule has 0 saturated heterocycles. The van der Waals surface area contributed by atoms with E-state index in [4.69, 9.17) is 11.6 Å². The quantitative estimate of drug-likeness (QED) is 0.546. The van der Waals surface area contributed by atoms with E-state index in [9.17, 15) is 0 Å². The lowest BCUT2D eigenvalue weighted by molar-refractivity contribution is 0.928. The van der Waals surface area contributed by atoms with Gasteiger partial charge in [0.15, 0.2) is 5.65 Å². The van der Waals surface area contributed by atoms with Crippen LogP contribution in [0.1, 0.15) is 0 Å². The molecule has 0 atom stereocenters. The van der Waals surface area contributed by atoms with Crippen LogP contribution in [0.4, 0.5) is 0 Å². The Kier molecular flexibility index (Phi) is 1.29. The van der Waals surface area contributed by atoms with Crippen molar-refractivity contribution >= 4 is 22.8 Å². The Balaban J connectivity index is 2.87. The van der Waals surface area contributed by atoms with Gasteiger partial charge in [0, 0.05) is 7.05 Å². The molecule has 0 bridgehead atoms. The maximum atomic E-state index is 5.55. The minimum absolute atomic E-state index is 0.195. The monoisotopic (exact) mass is 167 g/mol. The van der Waals surface area contributed by atoms with E-state index in [-0.39, 0.29) is 5.28 Å². The molecule has 0 unspecified atom stereocenters. The third-order valence-corrected chi connectivity index (χ3v) is 1.53. The van der Waals surface area contributed by atoms with Crippen LogP contribution in [0, 0.1) is 6.20 Å². The van der Waals surface area contributed by atoms with Gasteiger partial charge < -0.3 is 4.57 Å². The predicted molar refractivity (Wildman–Crippen MR) is 40.2 cm³/mol. The first kappa shape index (κ1) is 6.54. The summed E-state index contributed by atoms with van der Waals surface area (Å²) in [7, 11) is 1.84. The van der Waals surface area contributed by atoms with Gasteiger partial charge >= 0.3 is 0 Å². The lowest BCUT2D eigenvalue weighted by Crippen LogP contribution is -1.89. The molecule has 0 fully saturated rings. The van der Waals surface area contributed by atoms with Crippen molar-refractivity contribution in [3.8, 4) is 0 Å². The maximum absolute atomic E-state index is 5.55. The van der Waals surface area contributed by atoms with Crippen LogP contribution in [0.25, 0.3) is 11.2 Å². The van der Waals surface area contributed by atoms with Crippen molar-refractivity contribution in [2.24, 2.45) is 7.05 Å². The molecule has 5 heteroatoms. The van der Waals surface area contributed by atoms with Gasteiger partial charge in [0.2, 0.25) is 5.28 Å². The molecule has 0 aliphatic carbocycles. The molecule has 2 heterocycles. The molecule has 55 valence electrons. The van der Waals surface area contributed by atoms with Gasteiger partial charge in [-0.25, -0.2) is 9.97 Å². The molecule has 0 aliphatic rings. The largest absolute Gasteiger partial charge is 0.318 e. The average Bonchev–Trinajstić information content (AvgIpc) is 2.33. The molecule has 2 aromatic heterocycles. The van der Waals surface area contributed by atoms with Gasteiger partial charge in [0.25, 0.3) is 0 Å². The SMILES string of the molecule is Cn1cnc2[c]nc(Cl)nc21. The third-order valence-electron chi connectivity index (χ3n) is 1.36. The van der Waals surface area contributed by atoms with Gasteiger partial charge in [0.05, 0.1) is 6.33 Å². The third kappa shape index (κ3) is 0.952. The highest BCUT2D eigenvalue weighted by atomic mass is 35.5. The van der Waals surface area contributed by atoms with Gasteiger partial charge in [0.1, 0.15) is 11.7 Å². The standard InChI is InChI=1S/C6H4ClN4/c1-11-3-9-4-2-8-6(7)10-5(4)11/h3H,1H3. The fourth-order valence-corrected chi connectivity index (χ4v) is 0.968. The molecule has 4 nitrogen and oxygen atoms in total. The highest BCUT2D eigenvalue weighted by molar-refractivity contribution is 6.28. The zero-order valence-electron chi connectivity index (χ0n) is 5.74. The minimum Gasteiger partial charge on any atom is -0.318 e. The summed E-state index contributed by atoms with van der Waals surface area (Å²) in [6.07, 6.45) is 4.31. The average molecular weight is 168 g/mol. The lowest BCUT2D eigenvalue weighted by atomic mass is 10.6. The van der Waals surface area contributed by atoms with E-state index in [0.717, 1.165) is 0 Å². The Bertz CT molecular complexity index is 394. The number of hydrogen-bond donors (Lipinski definition) is 0. The second-order valence-electron chi connectivity index (χ2n) is 2.13. The lowest BCUT2D eigenvalue weighted by Gasteiger charge is -1.90. The maximum Gasteiger partial charge on any atom is 0.225 e. The fraction of sp³-hybridized carbons (Fsp3) is 0.167. The fourth-order valence-electron chi connectivity index (χ4n) is 0.846. The number of hydrogen-bond acceptors (Lipinski definition) is 3. The molecular formula is C6H4ClN4. The summed E-state index contributed by atoms with van der Waals surface area (Å²) in [6.45, 7) is 0. The van der Waals surface area contributed by atoms with Crippen molar-refractivity contribution < 1.29 is 0 Å². The van der Waals surface area contributed by atoms with Crippen LogP contribution in [0.2, 0.25) is 5.28 Å². The molecular weight excluding hydrogens is 164 g/mol. The second kappa shape index (κ2) is 2.17. The van der Waals surface area contributed by atoms with Gasteiger partial charge in [-0.1, -0.05) is 0 Å². The number of imidazole rings is 1. The summed E-state index contributed by atoms with van der Waals surface area (Å²) in [5.41, 5.74) is 1.34. The molecule has 0 N–H and O–H groups in total. The molecule has 0 saturated carbocycles. The van der Waals surface area contributed by atoms with Crippen LogP contribution < -0.4 is 0 Å². The van der Waals surface area contributed by atoms with E-state index >= 15 is 0 Å². The Hall–Kier alpha value is -1.16. The van der Waals surface area contributed by atoms with Crippen LogP contribution in [0.15, 0.2) is 6.33 Å². The summed E-state index contributed by atoms with van der Waals surface area (Å²) < 4.78 is 1.76. The van der Waals surface area contributed by atoms with E-state index in [0.29, 0.717) is 11.2 Å². The van der Waals surface area contributed by atoms with Crippen LogP contribution in [0.5, 0.6) is 0 Å². The minimum atomic E-state index is 0.195. The summed E-state index contributed by atoms with van der Waals surface area (Å²) in [5, 5.41) is 0.195. The molecule has 11 heavy (non-hydrogen) atoms. The van der Waals surface area contributed by atoms with Crippen molar-refractivity contribution in [2.75, 3.05) is 0 Å². The van der Waals surface area contributed by atoms with Crippen molar-refractivity contribution in [3.63, 3.8) is 0 Å². The van der Waals surface area contributed by atoms with Crippen molar-refractivity contribution in [2.45, 2.75) is 0 Å². The van der Waals surface area contributed by atoms with Gasteiger partial charge in [-0.15, -0.1) is 0 Å². The summed E-state index contributed by atoms with van der Waals surface area (Å²) in [6, 6.07) is 0. The van der Waals surface area contributed by atoms with E-state index in [1.165, 1.54) is 0 Å². The highest BCUT2D eigenvalue weighted by Gasteiger charge is 2.01. The normalized spacial score (nSPS) is 10.7. The first-order valence-electron chi connectivity index (χ1n) is 2.99. The molecule has 2 aromatic rings. The zero-order chi connectivity index (χ0) is 7.84. The van der Waals surface area contributed by atoms with Crippen molar-refractivity contribution in [3.05, 3.63) is 17.8 Å². The van der Waals surface area contributed by atoms with Gasteiger partial charge in [-0.05, 0) is 11.6 Å². The first-order valence-corrected chi connectivity index (χ1v) is 3.37. The predicted octanol–water partition coefficient (Wildman–Crippen LogP) is 0.817. The molecule has 2 rings (SSSR count). The number of fused-ring (bicyclic) bond motifs is 1. The molecule has 1 radical (unpaired) electrons. The number of rotatable bonds is 0. The van der Waals surface area contributed by atoms with Gasteiger partial charge in [-0.2, -0.15) is 4.98 Å². The topological polar surface area (TPSA) is 43.6 Å². The number of nitrogens with zero attached hydrogens (tertiary/aromatic N) is 4. The highest BCUT2D eigenvalue weighted by Crippen LogP contribution is 2.08. The molecule has 0 amide bonds. The van der Waals surface area contributed by atoms with E-state index in [1.807, 2.05) is 7.05 Å². The Morgan fingerprint density at radius 2 is 2.45 bits per heavy atom. The van der Waals surface area contributed by atoms with Crippen LogP contribution in [-0.4, -0.2) is 19.5 Å². The van der Waals surface area contributed by atoms with Crippen LogP contribution >= 0.6 is 11.6 Å². The number of aryl methyl sites for hydroxylation is 1. The van der Waals surface area contributed by atoms with Crippen molar-refractivity contribution in [1.29, 1.82) is 0 Å². The van der Waals surface area contributed by atoms with Crippen molar-refractivity contribution in [1.82, 2.24) is 19.5 Å². The molecule has 0 aliphatic heterocycles. The zero-order valence-corrected chi connectivity index (χ0v) is 6.50. The Labute approximate surface area is 67.9 Å². The Morgan fingerprint density at radius 1 is 1.64 bits per heavy atom. The van der Waals surface area contributed by atoms with E-state index in [2.05, 4.69) is 21.1 Å². The Morgan fingerprint density at radius 3 is 3.27 bits per heavy atom. The first-order chi connectivity index (χ1) is 5.27. The number of aromatic nitrogens is 4.